The normalized spacial score (nSPS) is 46.7. The van der Waals surface area contributed by atoms with E-state index in [9.17, 15) is 0 Å². The van der Waals surface area contributed by atoms with Crippen LogP contribution in [0.2, 0.25) is 0 Å². The molecule has 0 aromatic carbocycles. The maximum absolute atomic E-state index is 8.67. The van der Waals surface area contributed by atoms with Gasteiger partial charge >= 0.3 is 0 Å². The highest BCUT2D eigenvalue weighted by Crippen LogP contribution is 2.42. The molecule has 0 aromatic heterocycles. The van der Waals surface area contributed by atoms with Crippen LogP contribution < -0.4 is 0 Å². The van der Waals surface area contributed by atoms with Gasteiger partial charge in [0.25, 0.3) is 0 Å². The van der Waals surface area contributed by atoms with Crippen LogP contribution in [0.3, 0.4) is 0 Å². The molecule has 0 amide bonds. The van der Waals surface area contributed by atoms with Gasteiger partial charge in [-0.3, -0.25) is 0 Å². The highest BCUT2D eigenvalue weighted by molar-refractivity contribution is 5.08. The number of epoxide rings is 1. The Hall–Kier alpha value is -1.06. The first-order chi connectivity index (χ1) is 5.35. The van der Waals surface area contributed by atoms with Crippen molar-refractivity contribution in [3.05, 3.63) is 0 Å². The smallest absolute Gasteiger partial charge is 0.0855 e. The van der Waals surface area contributed by atoms with Gasteiger partial charge in [-0.1, -0.05) is 0 Å². The molecule has 2 fully saturated rings. The van der Waals surface area contributed by atoms with E-state index < -0.39 is 0 Å². The van der Waals surface area contributed by atoms with Gasteiger partial charge in [-0.15, -0.1) is 0 Å². The second-order valence-electron chi connectivity index (χ2n) is 3.16. The quantitative estimate of drug-likeness (QED) is 0.478. The number of ether oxygens (including phenoxy) is 1. The zero-order valence-corrected chi connectivity index (χ0v) is 6.03. The summed E-state index contributed by atoms with van der Waals surface area (Å²) in [5.74, 6) is -0.188. The summed E-state index contributed by atoms with van der Waals surface area (Å²) in [7, 11) is 0. The maximum atomic E-state index is 8.67. The van der Waals surface area contributed by atoms with Crippen molar-refractivity contribution >= 4 is 0 Å². The Morgan fingerprint density at radius 2 is 1.45 bits per heavy atom. The molecule has 0 aromatic rings. The lowest BCUT2D eigenvalue weighted by molar-refractivity contribution is 0.370. The standard InChI is InChI=1S/C8H8N2O/c9-3-5-1-7-8(11-7)2-6(5)4-10/h5-8H,1-2H2/t5-,6+,7-,8+. The van der Waals surface area contributed by atoms with E-state index in [1.807, 2.05) is 0 Å². The van der Waals surface area contributed by atoms with E-state index in [1.165, 1.54) is 0 Å². The van der Waals surface area contributed by atoms with Crippen molar-refractivity contribution in [2.45, 2.75) is 25.0 Å². The maximum Gasteiger partial charge on any atom is 0.0855 e. The minimum absolute atomic E-state index is 0.0938. The number of hydrogen-bond donors (Lipinski definition) is 0. The first-order valence-corrected chi connectivity index (χ1v) is 3.80. The van der Waals surface area contributed by atoms with Crippen molar-refractivity contribution in [2.24, 2.45) is 11.8 Å². The minimum atomic E-state index is -0.0938. The van der Waals surface area contributed by atoms with Gasteiger partial charge in [0.2, 0.25) is 0 Å². The van der Waals surface area contributed by atoms with Crippen LogP contribution in [0.15, 0.2) is 0 Å². The fraction of sp³-hybridized carbons (Fsp3) is 0.750. The Labute approximate surface area is 65.2 Å². The number of nitrogens with zero attached hydrogens (tertiary/aromatic N) is 2. The van der Waals surface area contributed by atoms with Gasteiger partial charge in [0.05, 0.1) is 36.2 Å². The molecule has 3 nitrogen and oxygen atoms in total. The highest BCUT2D eigenvalue weighted by atomic mass is 16.6. The Balaban J connectivity index is 2.08. The average Bonchev–Trinajstić information content (AvgIpc) is 2.79. The zero-order valence-electron chi connectivity index (χ0n) is 6.03. The lowest BCUT2D eigenvalue weighted by Crippen LogP contribution is -2.21. The van der Waals surface area contributed by atoms with Crippen molar-refractivity contribution in [3.8, 4) is 12.1 Å². The molecule has 3 heteroatoms. The van der Waals surface area contributed by atoms with Crippen LogP contribution in [0.4, 0.5) is 0 Å². The summed E-state index contributed by atoms with van der Waals surface area (Å²) < 4.78 is 5.24. The van der Waals surface area contributed by atoms with Gasteiger partial charge in [-0.2, -0.15) is 10.5 Å². The molecule has 2 rings (SSSR count). The number of rotatable bonds is 0. The van der Waals surface area contributed by atoms with E-state index in [0.29, 0.717) is 12.2 Å². The predicted molar refractivity (Wildman–Crippen MR) is 36.1 cm³/mol. The van der Waals surface area contributed by atoms with Crippen LogP contribution in [0.5, 0.6) is 0 Å². The van der Waals surface area contributed by atoms with Crippen molar-refractivity contribution in [3.63, 3.8) is 0 Å². The molecule has 1 saturated heterocycles. The monoisotopic (exact) mass is 148 g/mol. The van der Waals surface area contributed by atoms with Crippen LogP contribution in [0, 0.1) is 34.5 Å². The van der Waals surface area contributed by atoms with E-state index in [0.717, 1.165) is 12.8 Å². The van der Waals surface area contributed by atoms with Crippen LogP contribution >= 0.6 is 0 Å². The molecule has 0 radical (unpaired) electrons. The SMILES string of the molecule is N#C[C@@H]1C[C@@H]2O[C@@H]2C[C@@H]1C#N. The molecular weight excluding hydrogens is 140 g/mol. The summed E-state index contributed by atoms with van der Waals surface area (Å²) in [4.78, 5) is 0. The number of fused-ring (bicyclic) bond motifs is 1. The summed E-state index contributed by atoms with van der Waals surface area (Å²) in [6.45, 7) is 0. The third-order valence-electron chi connectivity index (χ3n) is 2.48. The summed E-state index contributed by atoms with van der Waals surface area (Å²) in [5, 5.41) is 17.3. The molecule has 1 saturated carbocycles. The van der Waals surface area contributed by atoms with Crippen LogP contribution in [-0.2, 0) is 4.74 Å². The number of hydrogen-bond acceptors (Lipinski definition) is 3. The fourth-order valence-corrected chi connectivity index (χ4v) is 1.71. The topological polar surface area (TPSA) is 60.1 Å². The Morgan fingerprint density at radius 3 is 1.82 bits per heavy atom. The molecule has 56 valence electrons. The van der Waals surface area contributed by atoms with E-state index in [4.69, 9.17) is 15.3 Å². The average molecular weight is 148 g/mol. The molecule has 11 heavy (non-hydrogen) atoms. The third kappa shape index (κ3) is 0.982. The van der Waals surface area contributed by atoms with Gasteiger partial charge in [-0.05, 0) is 12.8 Å². The molecular formula is C8H8N2O. The van der Waals surface area contributed by atoms with Crippen LogP contribution in [-0.4, -0.2) is 12.2 Å². The second kappa shape index (κ2) is 2.22. The molecule has 0 spiro atoms. The third-order valence-corrected chi connectivity index (χ3v) is 2.48. The molecule has 0 unspecified atom stereocenters. The van der Waals surface area contributed by atoms with Crippen molar-refractivity contribution < 1.29 is 4.74 Å². The molecule has 0 bridgehead atoms. The Kier molecular flexibility index (Phi) is 1.34. The van der Waals surface area contributed by atoms with Crippen LogP contribution in [0.1, 0.15) is 12.8 Å². The van der Waals surface area contributed by atoms with Crippen molar-refractivity contribution in [1.82, 2.24) is 0 Å². The number of nitriles is 2. The Morgan fingerprint density at radius 1 is 1.00 bits per heavy atom. The molecule has 4 atom stereocenters. The first-order valence-electron chi connectivity index (χ1n) is 3.80. The molecule has 0 N–H and O–H groups in total. The second-order valence-corrected chi connectivity index (χ2v) is 3.16. The van der Waals surface area contributed by atoms with Gasteiger partial charge in [0.15, 0.2) is 0 Å². The summed E-state index contributed by atoms with van der Waals surface area (Å²) in [5.41, 5.74) is 0. The lowest BCUT2D eigenvalue weighted by atomic mass is 9.81. The van der Waals surface area contributed by atoms with E-state index in [2.05, 4.69) is 12.1 Å². The van der Waals surface area contributed by atoms with Gasteiger partial charge in [-0.25, -0.2) is 0 Å². The summed E-state index contributed by atoms with van der Waals surface area (Å²) in [6, 6.07) is 4.32. The Bertz CT molecular complexity index is 224. The van der Waals surface area contributed by atoms with Gasteiger partial charge in [0.1, 0.15) is 0 Å². The molecule has 2 aliphatic rings. The van der Waals surface area contributed by atoms with Crippen molar-refractivity contribution in [1.29, 1.82) is 10.5 Å². The summed E-state index contributed by atoms with van der Waals surface area (Å²) in [6.07, 6.45) is 2.12. The predicted octanol–water partition coefficient (Wildman–Crippen LogP) is 0.827. The van der Waals surface area contributed by atoms with Crippen molar-refractivity contribution in [2.75, 3.05) is 0 Å². The van der Waals surface area contributed by atoms with E-state index in [1.54, 1.807) is 0 Å². The first kappa shape index (κ1) is 6.64. The van der Waals surface area contributed by atoms with Crippen LogP contribution in [0.25, 0.3) is 0 Å². The lowest BCUT2D eigenvalue weighted by Gasteiger charge is -2.16. The van der Waals surface area contributed by atoms with Gasteiger partial charge in [0, 0.05) is 0 Å². The van der Waals surface area contributed by atoms with E-state index >= 15 is 0 Å². The molecule has 1 aliphatic heterocycles. The largest absolute Gasteiger partial charge is 0.369 e. The zero-order chi connectivity index (χ0) is 7.84. The van der Waals surface area contributed by atoms with Gasteiger partial charge < -0.3 is 4.74 Å². The minimum Gasteiger partial charge on any atom is -0.369 e. The van der Waals surface area contributed by atoms with E-state index in [-0.39, 0.29) is 11.8 Å². The fourth-order valence-electron chi connectivity index (χ4n) is 1.71. The molecule has 1 heterocycles. The highest BCUT2D eigenvalue weighted by Gasteiger charge is 2.48. The summed E-state index contributed by atoms with van der Waals surface area (Å²) >= 11 is 0. The molecule has 1 aliphatic carbocycles.